The van der Waals surface area contributed by atoms with Crippen molar-refractivity contribution >= 4 is 30.0 Å². The molecule has 0 spiro atoms. The first kappa shape index (κ1) is 19.4. The van der Waals surface area contributed by atoms with E-state index in [1.54, 1.807) is 32.2 Å². The molecule has 128 valence electrons. The Labute approximate surface area is 142 Å². The maximum absolute atomic E-state index is 12.6. The highest BCUT2D eigenvalue weighted by molar-refractivity contribution is 5.98. The van der Waals surface area contributed by atoms with Gasteiger partial charge in [-0.1, -0.05) is 0 Å². The summed E-state index contributed by atoms with van der Waals surface area (Å²) in [5, 5.41) is 6.10. The minimum absolute atomic E-state index is 0. The van der Waals surface area contributed by atoms with E-state index in [9.17, 15) is 9.59 Å². The van der Waals surface area contributed by atoms with Crippen LogP contribution >= 0.6 is 12.4 Å². The fourth-order valence-corrected chi connectivity index (χ4v) is 2.68. The van der Waals surface area contributed by atoms with Gasteiger partial charge in [-0.3, -0.25) is 4.79 Å². The van der Waals surface area contributed by atoms with Gasteiger partial charge in [0.15, 0.2) is 0 Å². The van der Waals surface area contributed by atoms with E-state index in [0.29, 0.717) is 24.1 Å². The summed E-state index contributed by atoms with van der Waals surface area (Å²) in [5.74, 6) is -0.538. The van der Waals surface area contributed by atoms with Crippen molar-refractivity contribution in [1.82, 2.24) is 5.32 Å². The molecule has 0 bridgehead atoms. The molecule has 2 rings (SSSR count). The van der Waals surface area contributed by atoms with Crippen LogP contribution in [-0.2, 0) is 14.3 Å². The zero-order valence-corrected chi connectivity index (χ0v) is 14.4. The largest absolute Gasteiger partial charge is 0.465 e. The van der Waals surface area contributed by atoms with Crippen LogP contribution in [0.3, 0.4) is 0 Å². The highest BCUT2D eigenvalue weighted by Crippen LogP contribution is 2.25. The molecule has 0 aliphatic carbocycles. The van der Waals surface area contributed by atoms with Crippen molar-refractivity contribution < 1.29 is 19.1 Å². The molecule has 23 heavy (non-hydrogen) atoms. The number of amides is 1. The van der Waals surface area contributed by atoms with E-state index in [1.807, 2.05) is 0 Å². The molecule has 0 saturated carbocycles. The Kier molecular flexibility index (Phi) is 7.00. The maximum atomic E-state index is 12.6. The first-order chi connectivity index (χ1) is 10.5. The summed E-state index contributed by atoms with van der Waals surface area (Å²) >= 11 is 0. The molecule has 7 heteroatoms. The molecule has 1 aliphatic rings. The fraction of sp³-hybridized carbons (Fsp3) is 0.500. The van der Waals surface area contributed by atoms with E-state index in [-0.39, 0.29) is 24.3 Å². The molecule has 6 nitrogen and oxygen atoms in total. The second-order valence-electron chi connectivity index (χ2n) is 5.42. The third-order valence-corrected chi connectivity index (χ3v) is 4.11. The third kappa shape index (κ3) is 4.22. The van der Waals surface area contributed by atoms with Crippen LogP contribution in [0.2, 0.25) is 0 Å². The van der Waals surface area contributed by atoms with E-state index in [4.69, 9.17) is 9.47 Å². The highest BCUT2D eigenvalue weighted by Gasteiger charge is 2.39. The van der Waals surface area contributed by atoms with E-state index < -0.39 is 5.60 Å². The van der Waals surface area contributed by atoms with Crippen molar-refractivity contribution in [3.8, 4) is 0 Å². The van der Waals surface area contributed by atoms with E-state index in [1.165, 1.54) is 7.11 Å². The summed E-state index contributed by atoms with van der Waals surface area (Å²) in [6.45, 7) is 3.31. The predicted molar refractivity (Wildman–Crippen MR) is 90.2 cm³/mol. The Balaban J connectivity index is 0.00000264. The summed E-state index contributed by atoms with van der Waals surface area (Å²) in [6, 6.07) is 5.11. The molecule has 1 aromatic rings. The predicted octanol–water partition coefficient (Wildman–Crippen LogP) is 1.91. The van der Waals surface area contributed by atoms with E-state index in [2.05, 4.69) is 10.6 Å². The first-order valence-electron chi connectivity index (χ1n) is 7.29. The van der Waals surface area contributed by atoms with E-state index in [0.717, 1.165) is 18.7 Å². The zero-order chi connectivity index (χ0) is 16.2. The van der Waals surface area contributed by atoms with Crippen LogP contribution in [-0.4, -0.2) is 44.8 Å². The lowest BCUT2D eigenvalue weighted by molar-refractivity contribution is -0.140. The number of piperidine rings is 1. The van der Waals surface area contributed by atoms with Crippen LogP contribution in [0, 0.1) is 6.92 Å². The van der Waals surface area contributed by atoms with Gasteiger partial charge in [-0.2, -0.15) is 0 Å². The number of halogens is 1. The Morgan fingerprint density at radius 2 is 1.87 bits per heavy atom. The lowest BCUT2D eigenvalue weighted by Gasteiger charge is -2.34. The van der Waals surface area contributed by atoms with Gasteiger partial charge in [-0.15, -0.1) is 12.4 Å². The number of rotatable bonds is 4. The molecule has 1 saturated heterocycles. The van der Waals surface area contributed by atoms with Crippen LogP contribution < -0.4 is 10.6 Å². The van der Waals surface area contributed by atoms with Gasteiger partial charge in [0.05, 0.1) is 12.7 Å². The number of carbonyl (C=O) groups is 2. The topological polar surface area (TPSA) is 76.7 Å². The summed E-state index contributed by atoms with van der Waals surface area (Å²) in [7, 11) is 2.91. The number of aryl methyl sites for hydroxylation is 1. The van der Waals surface area contributed by atoms with Gasteiger partial charge >= 0.3 is 5.97 Å². The quantitative estimate of drug-likeness (QED) is 0.817. The molecule has 1 fully saturated rings. The lowest BCUT2D eigenvalue weighted by atomic mass is 9.91. The van der Waals surface area contributed by atoms with Crippen molar-refractivity contribution in [2.75, 3.05) is 32.6 Å². The van der Waals surface area contributed by atoms with Gasteiger partial charge in [0.25, 0.3) is 5.91 Å². The van der Waals surface area contributed by atoms with E-state index >= 15 is 0 Å². The normalized spacial score (nSPS) is 16.1. The molecule has 1 aliphatic heterocycles. The zero-order valence-electron chi connectivity index (χ0n) is 13.6. The van der Waals surface area contributed by atoms with Crippen molar-refractivity contribution in [2.45, 2.75) is 25.4 Å². The molecular formula is C16H23ClN2O4. The minimum Gasteiger partial charge on any atom is -0.465 e. The van der Waals surface area contributed by atoms with Crippen LogP contribution in [0.5, 0.6) is 0 Å². The molecule has 0 unspecified atom stereocenters. The van der Waals surface area contributed by atoms with Crippen LogP contribution in [0.15, 0.2) is 18.2 Å². The van der Waals surface area contributed by atoms with Gasteiger partial charge in [0, 0.05) is 12.8 Å². The van der Waals surface area contributed by atoms with Crippen molar-refractivity contribution in [3.05, 3.63) is 29.3 Å². The van der Waals surface area contributed by atoms with Crippen molar-refractivity contribution in [1.29, 1.82) is 0 Å². The summed E-state index contributed by atoms with van der Waals surface area (Å²) < 4.78 is 10.2. The number of hydrogen-bond acceptors (Lipinski definition) is 5. The molecular weight excluding hydrogens is 320 g/mol. The van der Waals surface area contributed by atoms with Crippen LogP contribution in [0.25, 0.3) is 0 Å². The van der Waals surface area contributed by atoms with Gasteiger partial charge in [0.1, 0.15) is 5.60 Å². The maximum Gasteiger partial charge on any atom is 0.338 e. The Hall–Kier alpha value is -1.63. The lowest BCUT2D eigenvalue weighted by Crippen LogP contribution is -2.51. The molecule has 0 radical (unpaired) electrons. The average molecular weight is 343 g/mol. The number of esters is 1. The molecule has 0 atom stereocenters. The van der Waals surface area contributed by atoms with Crippen LogP contribution in [0.4, 0.5) is 5.69 Å². The van der Waals surface area contributed by atoms with Gasteiger partial charge in [0.2, 0.25) is 0 Å². The first-order valence-corrected chi connectivity index (χ1v) is 7.29. The smallest absolute Gasteiger partial charge is 0.338 e. The molecule has 1 aromatic carbocycles. The number of ether oxygens (including phenoxy) is 2. The van der Waals surface area contributed by atoms with Gasteiger partial charge in [-0.25, -0.2) is 4.79 Å². The SMILES string of the molecule is COC(=O)c1ccc(NC(=O)C2(OC)CCNCC2)cc1C.Cl. The molecule has 0 aromatic heterocycles. The van der Waals surface area contributed by atoms with Crippen LogP contribution in [0.1, 0.15) is 28.8 Å². The summed E-state index contributed by atoms with van der Waals surface area (Å²) in [5.41, 5.74) is 1.09. The number of nitrogens with one attached hydrogen (secondary N) is 2. The number of benzene rings is 1. The second-order valence-corrected chi connectivity index (χ2v) is 5.42. The number of carbonyl (C=O) groups excluding carboxylic acids is 2. The summed E-state index contributed by atoms with van der Waals surface area (Å²) in [6.07, 6.45) is 1.27. The number of anilines is 1. The fourth-order valence-electron chi connectivity index (χ4n) is 2.68. The van der Waals surface area contributed by atoms with Gasteiger partial charge in [-0.05, 0) is 56.6 Å². The number of hydrogen-bond donors (Lipinski definition) is 2. The molecule has 1 amide bonds. The van der Waals surface area contributed by atoms with Gasteiger partial charge < -0.3 is 20.1 Å². The Morgan fingerprint density at radius 1 is 1.22 bits per heavy atom. The van der Waals surface area contributed by atoms with Crippen molar-refractivity contribution in [3.63, 3.8) is 0 Å². The number of methoxy groups -OCH3 is 2. The average Bonchev–Trinajstić information content (AvgIpc) is 2.54. The third-order valence-electron chi connectivity index (χ3n) is 4.11. The standard InChI is InChI=1S/C16H22N2O4.ClH/c1-11-10-12(4-5-13(11)14(19)21-2)18-15(20)16(22-3)6-8-17-9-7-16;/h4-5,10,17H,6-9H2,1-3H3,(H,18,20);1H. The Bertz CT molecular complexity index is 571. The Morgan fingerprint density at radius 3 is 2.39 bits per heavy atom. The summed E-state index contributed by atoms with van der Waals surface area (Å²) in [4.78, 5) is 24.1. The highest BCUT2D eigenvalue weighted by atomic mass is 35.5. The minimum atomic E-state index is -0.791. The second kappa shape index (κ2) is 8.29. The monoisotopic (exact) mass is 342 g/mol. The molecule has 1 heterocycles. The van der Waals surface area contributed by atoms with Crippen molar-refractivity contribution in [2.24, 2.45) is 0 Å². The molecule has 2 N–H and O–H groups in total.